The molecule has 1 aromatic rings. The largest absolute Gasteiger partial charge is 0.365 e. The van der Waals surface area contributed by atoms with Crippen LogP contribution in [0.1, 0.15) is 31.0 Å². The summed E-state index contributed by atoms with van der Waals surface area (Å²) in [4.78, 5) is 4.34. The van der Waals surface area contributed by atoms with Crippen LogP contribution in [0.15, 0.2) is 12.1 Å². The molecule has 1 aliphatic rings. The number of aromatic nitrogens is 1. The van der Waals surface area contributed by atoms with Crippen LogP contribution in [0.4, 0.5) is 5.82 Å². The molecule has 2 rings (SSSR count). The second-order valence-corrected chi connectivity index (χ2v) is 4.13. The van der Waals surface area contributed by atoms with Gasteiger partial charge in [-0.3, -0.25) is 0 Å². The third kappa shape index (κ3) is 1.69. The van der Waals surface area contributed by atoms with Gasteiger partial charge in [0, 0.05) is 5.54 Å². The second-order valence-electron chi connectivity index (χ2n) is 4.13. The SMILES string of the molecule is Cc1nc(NC2(C)CC2)ccc1C#N. The molecule has 14 heavy (non-hydrogen) atoms. The Kier molecular flexibility index (Phi) is 1.92. The number of aryl methyl sites for hydroxylation is 1. The minimum absolute atomic E-state index is 0.244. The van der Waals surface area contributed by atoms with E-state index in [9.17, 15) is 0 Å². The van der Waals surface area contributed by atoms with E-state index in [0.717, 1.165) is 11.5 Å². The standard InChI is InChI=1S/C11H13N3/c1-8-9(7-12)3-4-10(13-8)14-11(2)5-6-11/h3-4H,5-6H2,1-2H3,(H,13,14). The molecule has 0 aliphatic heterocycles. The van der Waals surface area contributed by atoms with E-state index in [4.69, 9.17) is 5.26 Å². The van der Waals surface area contributed by atoms with Gasteiger partial charge in [0.15, 0.2) is 0 Å². The molecule has 0 amide bonds. The van der Waals surface area contributed by atoms with Crippen LogP contribution in [0.3, 0.4) is 0 Å². The Morgan fingerprint density at radius 2 is 2.21 bits per heavy atom. The third-order valence-electron chi connectivity index (χ3n) is 2.64. The van der Waals surface area contributed by atoms with E-state index in [1.807, 2.05) is 19.1 Å². The van der Waals surface area contributed by atoms with Crippen molar-refractivity contribution in [3.63, 3.8) is 0 Å². The fourth-order valence-electron chi connectivity index (χ4n) is 1.37. The van der Waals surface area contributed by atoms with Gasteiger partial charge in [-0.15, -0.1) is 0 Å². The summed E-state index contributed by atoms with van der Waals surface area (Å²) in [5.74, 6) is 0.876. The fourth-order valence-corrected chi connectivity index (χ4v) is 1.37. The van der Waals surface area contributed by atoms with Crippen LogP contribution < -0.4 is 5.32 Å². The average Bonchev–Trinajstić information content (AvgIpc) is 2.84. The van der Waals surface area contributed by atoms with E-state index in [1.165, 1.54) is 12.8 Å². The highest BCUT2D eigenvalue weighted by molar-refractivity contribution is 5.45. The van der Waals surface area contributed by atoms with E-state index < -0.39 is 0 Å². The summed E-state index contributed by atoms with van der Waals surface area (Å²) in [6.07, 6.45) is 2.40. The Morgan fingerprint density at radius 1 is 1.50 bits per heavy atom. The minimum Gasteiger partial charge on any atom is -0.365 e. The molecule has 0 radical (unpaired) electrons. The monoisotopic (exact) mass is 187 g/mol. The molecule has 1 saturated carbocycles. The molecule has 0 bridgehead atoms. The number of pyridine rings is 1. The normalized spacial score (nSPS) is 17.2. The first-order valence-corrected chi connectivity index (χ1v) is 4.79. The summed E-state index contributed by atoms with van der Waals surface area (Å²) < 4.78 is 0. The maximum Gasteiger partial charge on any atom is 0.126 e. The van der Waals surface area contributed by atoms with Crippen molar-refractivity contribution in [2.45, 2.75) is 32.2 Å². The highest BCUT2D eigenvalue weighted by atomic mass is 15.1. The van der Waals surface area contributed by atoms with Crippen molar-refractivity contribution >= 4 is 5.82 Å². The molecule has 1 aromatic heterocycles. The van der Waals surface area contributed by atoms with E-state index in [1.54, 1.807) is 0 Å². The van der Waals surface area contributed by atoms with Gasteiger partial charge < -0.3 is 5.32 Å². The molecule has 72 valence electrons. The molecule has 3 heteroatoms. The zero-order valence-electron chi connectivity index (χ0n) is 8.46. The molecule has 0 aromatic carbocycles. The van der Waals surface area contributed by atoms with Crippen LogP contribution in [0, 0.1) is 18.3 Å². The topological polar surface area (TPSA) is 48.7 Å². The van der Waals surface area contributed by atoms with Crippen molar-refractivity contribution in [1.29, 1.82) is 5.26 Å². The third-order valence-corrected chi connectivity index (χ3v) is 2.64. The van der Waals surface area contributed by atoms with Gasteiger partial charge in [0.2, 0.25) is 0 Å². The van der Waals surface area contributed by atoms with Crippen LogP contribution in [0.5, 0.6) is 0 Å². The number of hydrogen-bond donors (Lipinski definition) is 1. The lowest BCUT2D eigenvalue weighted by molar-refractivity contribution is 0.819. The second kappa shape index (κ2) is 2.98. The van der Waals surface area contributed by atoms with Crippen molar-refractivity contribution in [2.24, 2.45) is 0 Å². The highest BCUT2D eigenvalue weighted by Crippen LogP contribution is 2.37. The molecule has 3 nitrogen and oxygen atoms in total. The highest BCUT2D eigenvalue weighted by Gasteiger charge is 2.37. The zero-order chi connectivity index (χ0) is 10.2. The van der Waals surface area contributed by atoms with Gasteiger partial charge in [0.1, 0.15) is 11.9 Å². The van der Waals surface area contributed by atoms with Crippen LogP contribution in [0.2, 0.25) is 0 Å². The van der Waals surface area contributed by atoms with Crippen molar-refractivity contribution in [2.75, 3.05) is 5.32 Å². The lowest BCUT2D eigenvalue weighted by Gasteiger charge is -2.12. The Hall–Kier alpha value is -1.56. The van der Waals surface area contributed by atoms with E-state index in [2.05, 4.69) is 23.3 Å². The minimum atomic E-state index is 0.244. The van der Waals surface area contributed by atoms with Gasteiger partial charge in [0.05, 0.1) is 11.3 Å². The van der Waals surface area contributed by atoms with Crippen molar-refractivity contribution in [3.05, 3.63) is 23.4 Å². The summed E-state index contributed by atoms with van der Waals surface area (Å²) in [5.41, 5.74) is 1.69. The smallest absolute Gasteiger partial charge is 0.126 e. The molecule has 1 fully saturated rings. The van der Waals surface area contributed by atoms with E-state index in [-0.39, 0.29) is 5.54 Å². The lowest BCUT2D eigenvalue weighted by Crippen LogP contribution is -2.17. The van der Waals surface area contributed by atoms with Crippen LogP contribution in [-0.2, 0) is 0 Å². The Balaban J connectivity index is 2.21. The number of rotatable bonds is 2. The first-order valence-electron chi connectivity index (χ1n) is 4.79. The van der Waals surface area contributed by atoms with Gasteiger partial charge >= 0.3 is 0 Å². The Labute approximate surface area is 83.8 Å². The van der Waals surface area contributed by atoms with Gasteiger partial charge in [-0.2, -0.15) is 5.26 Å². The molecule has 1 aliphatic carbocycles. The predicted molar refractivity (Wildman–Crippen MR) is 55.0 cm³/mol. The number of nitriles is 1. The quantitative estimate of drug-likeness (QED) is 0.772. The maximum atomic E-state index is 8.74. The summed E-state index contributed by atoms with van der Waals surface area (Å²) in [7, 11) is 0. The van der Waals surface area contributed by atoms with Crippen molar-refractivity contribution in [3.8, 4) is 6.07 Å². The molecule has 0 spiro atoms. The number of nitrogens with one attached hydrogen (secondary N) is 1. The summed E-state index contributed by atoms with van der Waals surface area (Å²) in [6, 6.07) is 5.80. The van der Waals surface area contributed by atoms with E-state index in [0.29, 0.717) is 5.56 Å². The predicted octanol–water partition coefficient (Wildman–Crippen LogP) is 2.23. The summed E-state index contributed by atoms with van der Waals surface area (Å²) in [6.45, 7) is 4.04. The number of anilines is 1. The summed E-state index contributed by atoms with van der Waals surface area (Å²) >= 11 is 0. The van der Waals surface area contributed by atoms with Gasteiger partial charge in [-0.25, -0.2) is 4.98 Å². The van der Waals surface area contributed by atoms with Crippen molar-refractivity contribution < 1.29 is 0 Å². The zero-order valence-corrected chi connectivity index (χ0v) is 8.46. The molecule has 1 N–H and O–H groups in total. The molecule has 1 heterocycles. The molecular formula is C11H13N3. The number of nitrogens with zero attached hydrogens (tertiary/aromatic N) is 2. The van der Waals surface area contributed by atoms with Gasteiger partial charge in [-0.05, 0) is 38.8 Å². The van der Waals surface area contributed by atoms with Crippen LogP contribution in [0.25, 0.3) is 0 Å². The molecular weight excluding hydrogens is 174 g/mol. The average molecular weight is 187 g/mol. The molecule has 0 unspecified atom stereocenters. The maximum absolute atomic E-state index is 8.74. The Morgan fingerprint density at radius 3 is 2.71 bits per heavy atom. The molecule has 0 saturated heterocycles. The fraction of sp³-hybridized carbons (Fsp3) is 0.455. The molecule has 0 atom stereocenters. The van der Waals surface area contributed by atoms with Gasteiger partial charge in [-0.1, -0.05) is 0 Å². The Bertz CT molecular complexity index is 399. The van der Waals surface area contributed by atoms with E-state index >= 15 is 0 Å². The lowest BCUT2D eigenvalue weighted by atomic mass is 10.2. The first-order chi connectivity index (χ1) is 6.63. The number of hydrogen-bond acceptors (Lipinski definition) is 3. The first kappa shape index (κ1) is 9.01. The van der Waals surface area contributed by atoms with Crippen LogP contribution >= 0.6 is 0 Å². The van der Waals surface area contributed by atoms with Crippen LogP contribution in [-0.4, -0.2) is 10.5 Å². The van der Waals surface area contributed by atoms with Crippen molar-refractivity contribution in [1.82, 2.24) is 4.98 Å². The summed E-state index contributed by atoms with van der Waals surface area (Å²) in [5, 5.41) is 12.1. The van der Waals surface area contributed by atoms with Gasteiger partial charge in [0.25, 0.3) is 0 Å².